The minimum Gasteiger partial charge on any atom is -0.484 e. The van der Waals surface area contributed by atoms with Gasteiger partial charge in [0.1, 0.15) is 5.75 Å². The number of hydrogen-bond acceptors (Lipinski definition) is 4. The van der Waals surface area contributed by atoms with Crippen molar-refractivity contribution in [2.75, 3.05) is 19.7 Å². The van der Waals surface area contributed by atoms with E-state index in [-0.39, 0.29) is 18.4 Å². The molecule has 0 aliphatic carbocycles. The average Bonchev–Trinajstić information content (AvgIpc) is 2.61. The standard InChI is InChI=1S/C18H21N3O3/c1-15(22)21(13-16-7-5-6-10-19-16)12-11-20-18(23)14-24-17-8-3-2-4-9-17/h2-10H,11-14H2,1H3,(H,20,23). The average molecular weight is 327 g/mol. The topological polar surface area (TPSA) is 71.5 Å². The van der Waals surface area contributed by atoms with Crippen molar-refractivity contribution in [1.29, 1.82) is 0 Å². The molecule has 2 aromatic rings. The predicted molar refractivity (Wildman–Crippen MR) is 90.3 cm³/mol. The predicted octanol–water partition coefficient (Wildman–Crippen LogP) is 1.63. The van der Waals surface area contributed by atoms with Crippen molar-refractivity contribution < 1.29 is 14.3 Å². The molecule has 6 nitrogen and oxygen atoms in total. The Labute approximate surface area is 141 Å². The van der Waals surface area contributed by atoms with Crippen LogP contribution < -0.4 is 10.1 Å². The van der Waals surface area contributed by atoms with Crippen LogP contribution in [0.4, 0.5) is 0 Å². The third-order valence-electron chi connectivity index (χ3n) is 3.34. The Morgan fingerprint density at radius 3 is 2.54 bits per heavy atom. The van der Waals surface area contributed by atoms with Gasteiger partial charge in [-0.05, 0) is 24.3 Å². The summed E-state index contributed by atoms with van der Waals surface area (Å²) in [6.07, 6.45) is 1.69. The van der Waals surface area contributed by atoms with E-state index in [2.05, 4.69) is 10.3 Å². The van der Waals surface area contributed by atoms with Crippen LogP contribution in [0.25, 0.3) is 0 Å². The maximum atomic E-state index is 11.8. The Morgan fingerprint density at radius 1 is 1.12 bits per heavy atom. The van der Waals surface area contributed by atoms with Gasteiger partial charge in [0, 0.05) is 26.2 Å². The molecule has 6 heteroatoms. The summed E-state index contributed by atoms with van der Waals surface area (Å²) >= 11 is 0. The first-order valence-electron chi connectivity index (χ1n) is 7.75. The molecule has 1 aromatic heterocycles. The van der Waals surface area contributed by atoms with Crippen molar-refractivity contribution in [3.8, 4) is 5.75 Å². The number of amides is 2. The van der Waals surface area contributed by atoms with E-state index >= 15 is 0 Å². The molecule has 24 heavy (non-hydrogen) atoms. The first-order valence-corrected chi connectivity index (χ1v) is 7.75. The zero-order valence-electron chi connectivity index (χ0n) is 13.6. The molecule has 1 heterocycles. The van der Waals surface area contributed by atoms with Gasteiger partial charge in [-0.1, -0.05) is 24.3 Å². The molecular formula is C18H21N3O3. The number of nitrogens with one attached hydrogen (secondary N) is 1. The molecule has 0 bridgehead atoms. The van der Waals surface area contributed by atoms with E-state index in [0.717, 1.165) is 5.69 Å². The molecule has 0 radical (unpaired) electrons. The van der Waals surface area contributed by atoms with Crippen LogP contribution in [0.15, 0.2) is 54.7 Å². The Balaban J connectivity index is 1.72. The summed E-state index contributed by atoms with van der Waals surface area (Å²) in [6.45, 7) is 2.66. The molecule has 2 amide bonds. The monoisotopic (exact) mass is 327 g/mol. The Hall–Kier alpha value is -2.89. The van der Waals surface area contributed by atoms with Crippen LogP contribution in [-0.2, 0) is 16.1 Å². The molecule has 1 N–H and O–H groups in total. The summed E-state index contributed by atoms with van der Waals surface area (Å²) in [6, 6.07) is 14.7. The van der Waals surface area contributed by atoms with Crippen molar-refractivity contribution in [1.82, 2.24) is 15.2 Å². The fraction of sp³-hybridized carbons (Fsp3) is 0.278. The van der Waals surface area contributed by atoms with Crippen molar-refractivity contribution in [2.24, 2.45) is 0 Å². The van der Waals surface area contributed by atoms with Gasteiger partial charge in [0.2, 0.25) is 5.91 Å². The van der Waals surface area contributed by atoms with Crippen molar-refractivity contribution in [2.45, 2.75) is 13.5 Å². The van der Waals surface area contributed by atoms with Gasteiger partial charge in [0.25, 0.3) is 5.91 Å². The SMILES string of the molecule is CC(=O)N(CCNC(=O)COc1ccccc1)Cc1ccccn1. The van der Waals surface area contributed by atoms with Crippen molar-refractivity contribution >= 4 is 11.8 Å². The van der Waals surface area contributed by atoms with Gasteiger partial charge in [-0.2, -0.15) is 0 Å². The lowest BCUT2D eigenvalue weighted by Gasteiger charge is -2.20. The number of aromatic nitrogens is 1. The van der Waals surface area contributed by atoms with Gasteiger partial charge >= 0.3 is 0 Å². The Bertz CT molecular complexity index is 647. The maximum Gasteiger partial charge on any atom is 0.258 e. The minimum atomic E-state index is -0.222. The van der Waals surface area contributed by atoms with Crippen LogP contribution in [0.1, 0.15) is 12.6 Å². The number of hydrogen-bond donors (Lipinski definition) is 1. The molecule has 2 rings (SSSR count). The second-order valence-electron chi connectivity index (χ2n) is 5.21. The molecule has 0 spiro atoms. The van der Waals surface area contributed by atoms with Gasteiger partial charge in [0.05, 0.1) is 12.2 Å². The molecule has 0 aliphatic heterocycles. The summed E-state index contributed by atoms with van der Waals surface area (Å²) in [5.41, 5.74) is 0.812. The van der Waals surface area contributed by atoms with E-state index < -0.39 is 0 Å². The van der Waals surface area contributed by atoms with Gasteiger partial charge < -0.3 is 15.0 Å². The molecule has 1 aromatic carbocycles. The first kappa shape index (κ1) is 17.5. The molecule has 0 saturated carbocycles. The second-order valence-corrected chi connectivity index (χ2v) is 5.21. The van der Waals surface area contributed by atoms with E-state index in [4.69, 9.17) is 4.74 Å². The molecule has 0 fully saturated rings. The van der Waals surface area contributed by atoms with E-state index in [9.17, 15) is 9.59 Å². The highest BCUT2D eigenvalue weighted by atomic mass is 16.5. The van der Waals surface area contributed by atoms with Gasteiger partial charge in [-0.15, -0.1) is 0 Å². The van der Waals surface area contributed by atoms with Crippen LogP contribution in [0.2, 0.25) is 0 Å². The summed E-state index contributed by atoms with van der Waals surface area (Å²) in [4.78, 5) is 29.3. The molecule has 0 aliphatic rings. The lowest BCUT2D eigenvalue weighted by Crippen LogP contribution is -2.38. The zero-order chi connectivity index (χ0) is 17.2. The number of nitrogens with zero attached hydrogens (tertiary/aromatic N) is 2. The number of pyridine rings is 1. The fourth-order valence-corrected chi connectivity index (χ4v) is 2.08. The van der Waals surface area contributed by atoms with Crippen LogP contribution >= 0.6 is 0 Å². The van der Waals surface area contributed by atoms with Gasteiger partial charge in [0.15, 0.2) is 6.61 Å². The number of carbonyl (C=O) groups excluding carboxylic acids is 2. The summed E-state index contributed by atoms with van der Waals surface area (Å²) in [5.74, 6) is 0.365. The summed E-state index contributed by atoms with van der Waals surface area (Å²) in [5, 5.41) is 2.75. The Morgan fingerprint density at radius 2 is 1.88 bits per heavy atom. The highest BCUT2D eigenvalue weighted by Gasteiger charge is 2.10. The van der Waals surface area contributed by atoms with Crippen molar-refractivity contribution in [3.05, 3.63) is 60.4 Å². The van der Waals surface area contributed by atoms with Crippen LogP contribution in [-0.4, -0.2) is 41.4 Å². The molecule has 126 valence electrons. The molecule has 0 atom stereocenters. The van der Waals surface area contributed by atoms with E-state index in [1.165, 1.54) is 6.92 Å². The minimum absolute atomic E-state index is 0.0513. The number of benzene rings is 1. The fourth-order valence-electron chi connectivity index (χ4n) is 2.08. The van der Waals surface area contributed by atoms with E-state index in [1.54, 1.807) is 23.2 Å². The Kier molecular flexibility index (Phi) is 6.76. The second kappa shape index (κ2) is 9.29. The number of ether oxygens (including phenoxy) is 1. The van der Waals surface area contributed by atoms with Crippen LogP contribution in [0.3, 0.4) is 0 Å². The number of carbonyl (C=O) groups is 2. The van der Waals surface area contributed by atoms with Crippen molar-refractivity contribution in [3.63, 3.8) is 0 Å². The normalized spacial score (nSPS) is 10.0. The highest BCUT2D eigenvalue weighted by molar-refractivity contribution is 5.77. The van der Waals surface area contributed by atoms with Gasteiger partial charge in [-0.25, -0.2) is 0 Å². The lowest BCUT2D eigenvalue weighted by atomic mass is 10.3. The highest BCUT2D eigenvalue weighted by Crippen LogP contribution is 2.07. The van der Waals surface area contributed by atoms with Crippen LogP contribution in [0.5, 0.6) is 5.75 Å². The molecular weight excluding hydrogens is 306 g/mol. The lowest BCUT2D eigenvalue weighted by molar-refractivity contribution is -0.130. The molecule has 0 unspecified atom stereocenters. The maximum absolute atomic E-state index is 11.8. The van der Waals surface area contributed by atoms with E-state index in [1.807, 2.05) is 36.4 Å². The smallest absolute Gasteiger partial charge is 0.258 e. The van der Waals surface area contributed by atoms with Gasteiger partial charge in [-0.3, -0.25) is 14.6 Å². The third-order valence-corrected chi connectivity index (χ3v) is 3.34. The van der Waals surface area contributed by atoms with Crippen LogP contribution in [0, 0.1) is 0 Å². The quantitative estimate of drug-likeness (QED) is 0.800. The van der Waals surface area contributed by atoms with E-state index in [0.29, 0.717) is 25.4 Å². The number of rotatable bonds is 8. The molecule has 0 saturated heterocycles. The summed E-state index contributed by atoms with van der Waals surface area (Å²) in [7, 11) is 0. The third kappa shape index (κ3) is 6.08. The zero-order valence-corrected chi connectivity index (χ0v) is 13.6. The summed E-state index contributed by atoms with van der Waals surface area (Å²) < 4.78 is 5.37. The number of para-hydroxylation sites is 1. The largest absolute Gasteiger partial charge is 0.484 e. The first-order chi connectivity index (χ1) is 11.6.